The molecular formula is C19H24N4O2. The van der Waals surface area contributed by atoms with E-state index in [-0.39, 0.29) is 5.92 Å². The van der Waals surface area contributed by atoms with Crippen LogP contribution in [0.4, 0.5) is 11.6 Å². The molecule has 1 fully saturated rings. The second-order valence-corrected chi connectivity index (χ2v) is 6.42. The average Bonchev–Trinajstić information content (AvgIpc) is 2.62. The van der Waals surface area contributed by atoms with E-state index in [4.69, 9.17) is 5.11 Å². The molecule has 0 atom stereocenters. The minimum atomic E-state index is -0.693. The number of carboxylic acids is 1. The van der Waals surface area contributed by atoms with E-state index < -0.39 is 5.97 Å². The molecule has 3 rings (SSSR count). The number of carbonyl (C=O) groups is 1. The number of hydrogen-bond acceptors (Lipinski definition) is 5. The molecule has 1 aliphatic heterocycles. The maximum absolute atomic E-state index is 11.1. The number of rotatable bonds is 6. The highest BCUT2D eigenvalue weighted by Gasteiger charge is 2.25. The summed E-state index contributed by atoms with van der Waals surface area (Å²) in [5.74, 6) is 1.49. The van der Waals surface area contributed by atoms with Gasteiger partial charge in [0.25, 0.3) is 0 Å². The van der Waals surface area contributed by atoms with Crippen LogP contribution in [0.25, 0.3) is 0 Å². The van der Waals surface area contributed by atoms with Crippen LogP contribution in [0.1, 0.15) is 24.2 Å². The second-order valence-electron chi connectivity index (χ2n) is 6.42. The summed E-state index contributed by atoms with van der Waals surface area (Å²) in [5.41, 5.74) is 1.29. The number of carboxylic acid groups (broad SMARTS) is 1. The predicted molar refractivity (Wildman–Crippen MR) is 98.0 cm³/mol. The van der Waals surface area contributed by atoms with Crippen molar-refractivity contribution in [2.24, 2.45) is 5.92 Å². The molecule has 1 aromatic carbocycles. The van der Waals surface area contributed by atoms with Crippen molar-refractivity contribution in [2.75, 3.05) is 29.9 Å². The molecule has 0 spiro atoms. The van der Waals surface area contributed by atoms with Gasteiger partial charge in [-0.15, -0.1) is 0 Å². The van der Waals surface area contributed by atoms with Gasteiger partial charge in [0.15, 0.2) is 0 Å². The largest absolute Gasteiger partial charge is 0.481 e. The van der Waals surface area contributed by atoms with Gasteiger partial charge in [0.1, 0.15) is 17.5 Å². The Morgan fingerprint density at radius 1 is 1.24 bits per heavy atom. The summed E-state index contributed by atoms with van der Waals surface area (Å²) in [6.07, 6.45) is 2.26. The molecule has 1 aliphatic rings. The first kappa shape index (κ1) is 17.2. The lowest BCUT2D eigenvalue weighted by Crippen LogP contribution is -2.37. The average molecular weight is 340 g/mol. The number of nitrogens with zero attached hydrogens (tertiary/aromatic N) is 3. The Hall–Kier alpha value is -2.63. The maximum Gasteiger partial charge on any atom is 0.306 e. The number of aryl methyl sites for hydroxylation is 1. The van der Waals surface area contributed by atoms with Crippen LogP contribution >= 0.6 is 0 Å². The number of nitrogens with one attached hydrogen (secondary N) is 1. The fraction of sp³-hybridized carbons (Fsp3) is 0.421. The molecule has 2 aromatic rings. The minimum absolute atomic E-state index is 0.234. The molecular weight excluding hydrogens is 316 g/mol. The number of anilines is 2. The van der Waals surface area contributed by atoms with Gasteiger partial charge in [0.05, 0.1) is 5.92 Å². The summed E-state index contributed by atoms with van der Waals surface area (Å²) < 4.78 is 0. The Balaban J connectivity index is 1.60. The molecule has 0 aliphatic carbocycles. The van der Waals surface area contributed by atoms with Gasteiger partial charge in [-0.2, -0.15) is 0 Å². The first-order chi connectivity index (χ1) is 12.1. The first-order valence-corrected chi connectivity index (χ1v) is 8.73. The lowest BCUT2D eigenvalue weighted by Gasteiger charge is -2.31. The van der Waals surface area contributed by atoms with Gasteiger partial charge in [-0.05, 0) is 31.7 Å². The van der Waals surface area contributed by atoms with Crippen molar-refractivity contribution >= 4 is 17.6 Å². The second kappa shape index (κ2) is 7.96. The van der Waals surface area contributed by atoms with Crippen molar-refractivity contribution in [2.45, 2.75) is 26.2 Å². The van der Waals surface area contributed by atoms with Crippen molar-refractivity contribution in [3.05, 3.63) is 47.8 Å². The lowest BCUT2D eigenvalue weighted by molar-refractivity contribution is -0.142. The van der Waals surface area contributed by atoms with E-state index in [0.29, 0.717) is 12.8 Å². The normalized spacial score (nSPS) is 15.2. The van der Waals surface area contributed by atoms with Crippen LogP contribution < -0.4 is 10.2 Å². The van der Waals surface area contributed by atoms with E-state index in [9.17, 15) is 4.79 Å². The first-order valence-electron chi connectivity index (χ1n) is 8.73. The molecule has 6 nitrogen and oxygen atoms in total. The highest BCUT2D eigenvalue weighted by atomic mass is 16.4. The van der Waals surface area contributed by atoms with Gasteiger partial charge >= 0.3 is 5.97 Å². The van der Waals surface area contributed by atoms with Crippen LogP contribution in [0.3, 0.4) is 0 Å². The smallest absolute Gasteiger partial charge is 0.306 e. The van der Waals surface area contributed by atoms with Crippen LogP contribution in [0.15, 0.2) is 36.4 Å². The summed E-state index contributed by atoms with van der Waals surface area (Å²) in [6.45, 7) is 4.13. The van der Waals surface area contributed by atoms with Crippen LogP contribution in [-0.4, -0.2) is 40.7 Å². The van der Waals surface area contributed by atoms with E-state index >= 15 is 0 Å². The SMILES string of the molecule is Cc1nc(NCCc2ccccc2)cc(N2CCC(C(=O)O)CC2)n1. The quantitative estimate of drug-likeness (QED) is 0.842. The molecule has 0 saturated carbocycles. The van der Waals surface area contributed by atoms with Gasteiger partial charge in [-0.25, -0.2) is 9.97 Å². The zero-order valence-corrected chi connectivity index (χ0v) is 14.5. The molecule has 1 aromatic heterocycles. The molecule has 0 radical (unpaired) electrons. The molecule has 2 N–H and O–H groups in total. The summed E-state index contributed by atoms with van der Waals surface area (Å²) in [4.78, 5) is 22.2. The summed E-state index contributed by atoms with van der Waals surface area (Å²) in [7, 11) is 0. The fourth-order valence-electron chi connectivity index (χ4n) is 3.14. The van der Waals surface area contributed by atoms with Crippen LogP contribution in [0.2, 0.25) is 0 Å². The van der Waals surface area contributed by atoms with Crippen LogP contribution in [0.5, 0.6) is 0 Å². The molecule has 0 amide bonds. The Labute approximate surface area is 147 Å². The van der Waals surface area contributed by atoms with E-state index in [1.54, 1.807) is 0 Å². The van der Waals surface area contributed by atoms with Gasteiger partial charge in [-0.3, -0.25) is 4.79 Å². The van der Waals surface area contributed by atoms with Crippen molar-refractivity contribution in [3.8, 4) is 0 Å². The Bertz CT molecular complexity index is 713. The third-order valence-electron chi connectivity index (χ3n) is 4.56. The summed E-state index contributed by atoms with van der Waals surface area (Å²) in [6, 6.07) is 12.3. The maximum atomic E-state index is 11.1. The Kier molecular flexibility index (Phi) is 5.48. The Morgan fingerprint density at radius 2 is 1.96 bits per heavy atom. The molecule has 2 heterocycles. The van der Waals surface area contributed by atoms with Crippen molar-refractivity contribution < 1.29 is 9.90 Å². The number of piperidine rings is 1. The summed E-state index contributed by atoms with van der Waals surface area (Å²) in [5, 5.41) is 12.5. The van der Waals surface area contributed by atoms with Crippen molar-refractivity contribution in [1.82, 2.24) is 9.97 Å². The van der Waals surface area contributed by atoms with E-state index in [2.05, 4.69) is 32.3 Å². The topological polar surface area (TPSA) is 78.4 Å². The minimum Gasteiger partial charge on any atom is -0.481 e. The fourth-order valence-corrected chi connectivity index (χ4v) is 3.14. The highest BCUT2D eigenvalue weighted by Crippen LogP contribution is 2.23. The van der Waals surface area contributed by atoms with Gasteiger partial charge in [0, 0.05) is 25.7 Å². The van der Waals surface area contributed by atoms with Gasteiger partial charge in [-0.1, -0.05) is 30.3 Å². The summed E-state index contributed by atoms with van der Waals surface area (Å²) >= 11 is 0. The van der Waals surface area contributed by atoms with Gasteiger partial charge < -0.3 is 15.3 Å². The van der Waals surface area contributed by atoms with Gasteiger partial charge in [0.2, 0.25) is 0 Å². The third kappa shape index (κ3) is 4.68. The molecule has 0 unspecified atom stereocenters. The number of benzene rings is 1. The molecule has 132 valence electrons. The number of aromatic nitrogens is 2. The van der Waals surface area contributed by atoms with E-state index in [1.165, 1.54) is 5.56 Å². The van der Waals surface area contributed by atoms with Crippen molar-refractivity contribution in [1.29, 1.82) is 0 Å². The predicted octanol–water partition coefficient (Wildman–Crippen LogP) is 2.74. The van der Waals surface area contributed by atoms with Crippen LogP contribution in [0, 0.1) is 12.8 Å². The monoisotopic (exact) mass is 340 g/mol. The van der Waals surface area contributed by atoms with Crippen molar-refractivity contribution in [3.63, 3.8) is 0 Å². The number of hydrogen-bond donors (Lipinski definition) is 2. The molecule has 1 saturated heterocycles. The zero-order valence-electron chi connectivity index (χ0n) is 14.5. The van der Waals surface area contributed by atoms with E-state index in [0.717, 1.165) is 43.5 Å². The number of aliphatic carboxylic acids is 1. The molecule has 25 heavy (non-hydrogen) atoms. The third-order valence-corrected chi connectivity index (χ3v) is 4.56. The molecule has 6 heteroatoms. The lowest BCUT2D eigenvalue weighted by atomic mass is 9.97. The molecule has 0 bridgehead atoms. The van der Waals surface area contributed by atoms with E-state index in [1.807, 2.05) is 31.2 Å². The highest BCUT2D eigenvalue weighted by molar-refractivity contribution is 5.70. The van der Waals surface area contributed by atoms with Crippen LogP contribution in [-0.2, 0) is 11.2 Å². The Morgan fingerprint density at radius 3 is 2.64 bits per heavy atom. The standard InChI is InChI=1S/C19H24N4O2/c1-14-21-17(20-10-7-15-5-3-2-4-6-15)13-18(22-14)23-11-8-16(9-12-23)19(24)25/h2-6,13,16H,7-12H2,1H3,(H,24,25)(H,20,21,22). The zero-order chi connectivity index (χ0) is 17.6.